The van der Waals surface area contributed by atoms with Gasteiger partial charge < -0.3 is 14.5 Å². The number of aryl methyl sites for hydroxylation is 2. The van der Waals surface area contributed by atoms with Crippen molar-refractivity contribution in [2.75, 3.05) is 13.2 Å². The van der Waals surface area contributed by atoms with Gasteiger partial charge in [0.1, 0.15) is 5.76 Å². The lowest BCUT2D eigenvalue weighted by Crippen LogP contribution is -2.24. The zero-order valence-electron chi connectivity index (χ0n) is 13.3. The van der Waals surface area contributed by atoms with Gasteiger partial charge in [-0.3, -0.25) is 0 Å². The molecule has 1 saturated heterocycles. The molecule has 22 heavy (non-hydrogen) atoms. The standard InChI is InChI=1S/C18H24N2O2/c1-13-14(2)22-18(20-13)11-19-17(10-15-8-9-21-12-15)16-6-4-3-5-7-16/h3-7,15,17,19H,8-12H2,1-2H3/t15-,17+/m1/s1. The number of benzene rings is 1. The lowest BCUT2D eigenvalue weighted by molar-refractivity contribution is 0.181. The monoisotopic (exact) mass is 300 g/mol. The smallest absolute Gasteiger partial charge is 0.208 e. The summed E-state index contributed by atoms with van der Waals surface area (Å²) in [6, 6.07) is 10.9. The number of ether oxygens (including phenoxy) is 1. The van der Waals surface area contributed by atoms with Gasteiger partial charge in [0.15, 0.2) is 0 Å². The molecule has 2 heterocycles. The molecule has 1 aromatic heterocycles. The van der Waals surface area contributed by atoms with Crippen LogP contribution in [-0.2, 0) is 11.3 Å². The minimum Gasteiger partial charge on any atom is -0.444 e. The van der Waals surface area contributed by atoms with Crippen LogP contribution in [0.3, 0.4) is 0 Å². The van der Waals surface area contributed by atoms with Gasteiger partial charge in [-0.2, -0.15) is 0 Å². The maximum absolute atomic E-state index is 5.67. The predicted octanol–water partition coefficient (Wildman–Crippen LogP) is 3.55. The van der Waals surface area contributed by atoms with E-state index in [2.05, 4.69) is 40.6 Å². The molecule has 0 bridgehead atoms. The van der Waals surface area contributed by atoms with Crippen LogP contribution in [0, 0.1) is 19.8 Å². The van der Waals surface area contributed by atoms with Crippen LogP contribution in [0.4, 0.5) is 0 Å². The van der Waals surface area contributed by atoms with Gasteiger partial charge in [0.05, 0.1) is 12.2 Å². The lowest BCUT2D eigenvalue weighted by atomic mass is 9.94. The summed E-state index contributed by atoms with van der Waals surface area (Å²) in [6.45, 7) is 6.36. The van der Waals surface area contributed by atoms with Crippen molar-refractivity contribution in [1.82, 2.24) is 10.3 Å². The van der Waals surface area contributed by atoms with E-state index in [1.165, 1.54) is 5.56 Å². The molecule has 1 fully saturated rings. The Morgan fingerprint density at radius 1 is 1.27 bits per heavy atom. The van der Waals surface area contributed by atoms with Crippen molar-refractivity contribution in [2.45, 2.75) is 39.3 Å². The minimum atomic E-state index is 0.306. The molecule has 0 spiro atoms. The summed E-state index contributed by atoms with van der Waals surface area (Å²) in [5, 5.41) is 3.61. The van der Waals surface area contributed by atoms with Crippen LogP contribution in [-0.4, -0.2) is 18.2 Å². The molecule has 0 saturated carbocycles. The van der Waals surface area contributed by atoms with Gasteiger partial charge in [-0.25, -0.2) is 4.98 Å². The molecule has 2 atom stereocenters. The van der Waals surface area contributed by atoms with E-state index in [0.717, 1.165) is 43.4 Å². The Balaban J connectivity index is 1.67. The Bertz CT molecular complexity index is 569. The molecule has 2 aromatic rings. The van der Waals surface area contributed by atoms with Gasteiger partial charge in [0, 0.05) is 19.3 Å². The molecule has 3 rings (SSSR count). The molecule has 0 radical (unpaired) electrons. The van der Waals surface area contributed by atoms with E-state index in [4.69, 9.17) is 9.15 Å². The van der Waals surface area contributed by atoms with E-state index < -0.39 is 0 Å². The van der Waals surface area contributed by atoms with Gasteiger partial charge in [-0.1, -0.05) is 30.3 Å². The molecule has 4 heteroatoms. The molecular weight excluding hydrogens is 276 g/mol. The summed E-state index contributed by atoms with van der Waals surface area (Å²) >= 11 is 0. The zero-order chi connectivity index (χ0) is 15.4. The quantitative estimate of drug-likeness (QED) is 0.886. The molecule has 1 aliphatic heterocycles. The summed E-state index contributed by atoms with van der Waals surface area (Å²) in [7, 11) is 0. The SMILES string of the molecule is Cc1nc(CN[C@@H](C[C@H]2CCOC2)c2ccccc2)oc1C. The number of aromatic nitrogens is 1. The highest BCUT2D eigenvalue weighted by Crippen LogP contribution is 2.27. The molecule has 118 valence electrons. The van der Waals surface area contributed by atoms with Crippen molar-refractivity contribution in [3.8, 4) is 0 Å². The van der Waals surface area contributed by atoms with E-state index in [1.54, 1.807) is 0 Å². The third-order valence-corrected chi connectivity index (χ3v) is 4.37. The third kappa shape index (κ3) is 3.76. The topological polar surface area (TPSA) is 47.3 Å². The van der Waals surface area contributed by atoms with Crippen molar-refractivity contribution in [3.63, 3.8) is 0 Å². The Morgan fingerprint density at radius 2 is 2.09 bits per heavy atom. The summed E-state index contributed by atoms with van der Waals surface area (Å²) < 4.78 is 11.2. The molecule has 1 aromatic carbocycles. The van der Waals surface area contributed by atoms with Crippen molar-refractivity contribution >= 4 is 0 Å². The van der Waals surface area contributed by atoms with Crippen molar-refractivity contribution in [3.05, 3.63) is 53.2 Å². The Kier molecular flexibility index (Phi) is 4.90. The normalized spacial score (nSPS) is 19.5. The second-order valence-electron chi connectivity index (χ2n) is 6.06. The van der Waals surface area contributed by atoms with Crippen LogP contribution in [0.2, 0.25) is 0 Å². The summed E-state index contributed by atoms with van der Waals surface area (Å²) in [5.41, 5.74) is 2.28. The average molecular weight is 300 g/mol. The van der Waals surface area contributed by atoms with Crippen LogP contribution in [0.1, 0.15) is 41.8 Å². The highest BCUT2D eigenvalue weighted by atomic mass is 16.5. The molecule has 1 N–H and O–H groups in total. The highest BCUT2D eigenvalue weighted by Gasteiger charge is 2.22. The Labute approximate surface area is 131 Å². The first-order chi connectivity index (χ1) is 10.7. The summed E-state index contributed by atoms with van der Waals surface area (Å²) in [4.78, 5) is 4.45. The highest BCUT2D eigenvalue weighted by molar-refractivity contribution is 5.19. The maximum atomic E-state index is 5.67. The van der Waals surface area contributed by atoms with Gasteiger partial charge in [-0.15, -0.1) is 0 Å². The van der Waals surface area contributed by atoms with Gasteiger partial charge in [-0.05, 0) is 38.2 Å². The Morgan fingerprint density at radius 3 is 2.73 bits per heavy atom. The lowest BCUT2D eigenvalue weighted by Gasteiger charge is -2.21. The van der Waals surface area contributed by atoms with Gasteiger partial charge >= 0.3 is 0 Å². The number of hydrogen-bond acceptors (Lipinski definition) is 4. The number of nitrogens with zero attached hydrogens (tertiary/aromatic N) is 1. The fourth-order valence-electron chi connectivity index (χ4n) is 2.95. The maximum Gasteiger partial charge on any atom is 0.208 e. The minimum absolute atomic E-state index is 0.306. The Hall–Kier alpha value is -1.65. The van der Waals surface area contributed by atoms with Crippen molar-refractivity contribution < 1.29 is 9.15 Å². The van der Waals surface area contributed by atoms with Crippen LogP contribution in [0.25, 0.3) is 0 Å². The average Bonchev–Trinajstić information content (AvgIpc) is 3.15. The van der Waals surface area contributed by atoms with Crippen LogP contribution >= 0.6 is 0 Å². The summed E-state index contributed by atoms with van der Waals surface area (Å²) in [5.74, 6) is 2.29. The second-order valence-corrected chi connectivity index (χ2v) is 6.06. The van der Waals surface area contributed by atoms with Crippen molar-refractivity contribution in [2.24, 2.45) is 5.92 Å². The first kappa shape index (κ1) is 15.3. The largest absolute Gasteiger partial charge is 0.444 e. The molecule has 1 aliphatic rings. The number of hydrogen-bond donors (Lipinski definition) is 1. The molecule has 0 aliphatic carbocycles. The van der Waals surface area contributed by atoms with Gasteiger partial charge in [0.25, 0.3) is 0 Å². The molecule has 4 nitrogen and oxygen atoms in total. The number of rotatable bonds is 6. The fourth-order valence-corrected chi connectivity index (χ4v) is 2.95. The number of oxazole rings is 1. The van der Waals surface area contributed by atoms with E-state index in [0.29, 0.717) is 18.5 Å². The van der Waals surface area contributed by atoms with Crippen molar-refractivity contribution in [1.29, 1.82) is 0 Å². The second kappa shape index (κ2) is 7.07. The summed E-state index contributed by atoms with van der Waals surface area (Å²) in [6.07, 6.45) is 2.24. The van der Waals surface area contributed by atoms with Crippen LogP contribution in [0.5, 0.6) is 0 Å². The fraction of sp³-hybridized carbons (Fsp3) is 0.500. The van der Waals surface area contributed by atoms with E-state index >= 15 is 0 Å². The third-order valence-electron chi connectivity index (χ3n) is 4.37. The van der Waals surface area contributed by atoms with E-state index in [-0.39, 0.29) is 0 Å². The number of nitrogens with one attached hydrogen (secondary N) is 1. The van der Waals surface area contributed by atoms with Crippen LogP contribution in [0.15, 0.2) is 34.7 Å². The molecular formula is C18H24N2O2. The van der Waals surface area contributed by atoms with Gasteiger partial charge in [0.2, 0.25) is 5.89 Å². The first-order valence-electron chi connectivity index (χ1n) is 8.01. The molecule has 0 amide bonds. The zero-order valence-corrected chi connectivity index (χ0v) is 13.3. The first-order valence-corrected chi connectivity index (χ1v) is 8.01. The molecule has 0 unspecified atom stereocenters. The van der Waals surface area contributed by atoms with E-state index in [9.17, 15) is 0 Å². The van der Waals surface area contributed by atoms with E-state index in [1.807, 2.05) is 13.8 Å². The van der Waals surface area contributed by atoms with Crippen LogP contribution < -0.4 is 5.32 Å². The predicted molar refractivity (Wildman–Crippen MR) is 85.5 cm³/mol.